The van der Waals surface area contributed by atoms with Crippen LogP contribution in [0.4, 0.5) is 4.39 Å². The monoisotopic (exact) mass is 364 g/mol. The number of amides is 1. The molecular formula is C14H19BrClFN2O. The first kappa shape index (κ1) is 17.4. The summed E-state index contributed by atoms with van der Waals surface area (Å²) >= 11 is 3.10. The lowest BCUT2D eigenvalue weighted by Gasteiger charge is -2.25. The molecule has 2 unspecified atom stereocenters. The molecule has 0 heterocycles. The predicted molar refractivity (Wildman–Crippen MR) is 83.1 cm³/mol. The van der Waals surface area contributed by atoms with E-state index in [1.54, 1.807) is 12.1 Å². The lowest BCUT2D eigenvalue weighted by Crippen LogP contribution is -2.37. The molecular weight excluding hydrogens is 347 g/mol. The van der Waals surface area contributed by atoms with Crippen molar-refractivity contribution in [1.82, 2.24) is 5.32 Å². The third kappa shape index (κ3) is 4.72. The molecule has 0 saturated heterocycles. The van der Waals surface area contributed by atoms with E-state index in [-0.39, 0.29) is 36.1 Å². The average molecular weight is 366 g/mol. The highest BCUT2D eigenvalue weighted by Crippen LogP contribution is 2.23. The van der Waals surface area contributed by atoms with E-state index in [0.717, 1.165) is 31.2 Å². The van der Waals surface area contributed by atoms with Gasteiger partial charge in [0.2, 0.25) is 5.91 Å². The second kappa shape index (κ2) is 7.96. The van der Waals surface area contributed by atoms with Crippen molar-refractivity contribution in [2.75, 3.05) is 0 Å². The van der Waals surface area contributed by atoms with E-state index >= 15 is 0 Å². The van der Waals surface area contributed by atoms with Gasteiger partial charge in [0, 0.05) is 18.5 Å². The Morgan fingerprint density at radius 2 is 2.20 bits per heavy atom. The molecule has 6 heteroatoms. The first-order valence-electron chi connectivity index (χ1n) is 6.53. The van der Waals surface area contributed by atoms with Gasteiger partial charge >= 0.3 is 0 Å². The van der Waals surface area contributed by atoms with Gasteiger partial charge in [-0.05, 0) is 52.9 Å². The quantitative estimate of drug-likeness (QED) is 0.864. The topological polar surface area (TPSA) is 55.1 Å². The lowest BCUT2D eigenvalue weighted by atomic mass is 9.85. The maximum atomic E-state index is 13.3. The van der Waals surface area contributed by atoms with Crippen LogP contribution in [0.2, 0.25) is 0 Å². The van der Waals surface area contributed by atoms with Crippen molar-refractivity contribution in [3.8, 4) is 0 Å². The first-order valence-corrected chi connectivity index (χ1v) is 7.33. The fraction of sp³-hybridized carbons (Fsp3) is 0.500. The fourth-order valence-electron chi connectivity index (χ4n) is 2.45. The highest BCUT2D eigenvalue weighted by molar-refractivity contribution is 9.10. The van der Waals surface area contributed by atoms with Gasteiger partial charge in [-0.15, -0.1) is 12.4 Å². The van der Waals surface area contributed by atoms with Crippen molar-refractivity contribution in [3.63, 3.8) is 0 Å². The molecule has 1 aromatic carbocycles. The Balaban J connectivity index is 0.00000200. The van der Waals surface area contributed by atoms with Crippen molar-refractivity contribution < 1.29 is 9.18 Å². The summed E-state index contributed by atoms with van der Waals surface area (Å²) in [6, 6.07) is 5.00. The predicted octanol–water partition coefficient (Wildman–Crippen LogP) is 3.14. The number of benzene rings is 1. The number of hydrogen-bond donors (Lipinski definition) is 2. The van der Waals surface area contributed by atoms with Gasteiger partial charge < -0.3 is 11.1 Å². The van der Waals surface area contributed by atoms with Crippen molar-refractivity contribution in [2.45, 2.75) is 38.3 Å². The zero-order chi connectivity index (χ0) is 13.8. The number of carbonyl (C=O) groups is 1. The standard InChI is InChI=1S/C14H18BrFN2O.ClH/c15-12-5-4-9(6-13(12)16)8-18-14(19)10-2-1-3-11(17)7-10;/h4-6,10-11H,1-3,7-8,17H2,(H,18,19);1H. The van der Waals surface area contributed by atoms with E-state index in [2.05, 4.69) is 21.2 Å². The van der Waals surface area contributed by atoms with Gasteiger partial charge in [-0.3, -0.25) is 4.79 Å². The lowest BCUT2D eigenvalue weighted by molar-refractivity contribution is -0.126. The molecule has 0 aromatic heterocycles. The van der Waals surface area contributed by atoms with E-state index in [1.165, 1.54) is 6.07 Å². The second-order valence-corrected chi connectivity index (χ2v) is 5.94. The Kier molecular flexibility index (Phi) is 6.92. The molecule has 1 fully saturated rings. The van der Waals surface area contributed by atoms with E-state index in [1.807, 2.05) is 0 Å². The van der Waals surface area contributed by atoms with Crippen LogP contribution in [0, 0.1) is 11.7 Å². The molecule has 0 bridgehead atoms. The molecule has 0 radical (unpaired) electrons. The van der Waals surface area contributed by atoms with Crippen LogP contribution in [0.3, 0.4) is 0 Å². The molecule has 112 valence electrons. The van der Waals surface area contributed by atoms with Crippen molar-refractivity contribution >= 4 is 34.2 Å². The van der Waals surface area contributed by atoms with E-state index in [4.69, 9.17) is 5.73 Å². The zero-order valence-electron chi connectivity index (χ0n) is 11.1. The molecule has 1 aliphatic carbocycles. The van der Waals surface area contributed by atoms with Crippen LogP contribution in [0.1, 0.15) is 31.2 Å². The number of carbonyl (C=O) groups excluding carboxylic acids is 1. The molecule has 20 heavy (non-hydrogen) atoms. The summed E-state index contributed by atoms with van der Waals surface area (Å²) in [5.41, 5.74) is 6.63. The Morgan fingerprint density at radius 3 is 2.85 bits per heavy atom. The molecule has 2 atom stereocenters. The molecule has 0 aliphatic heterocycles. The van der Waals surface area contributed by atoms with Gasteiger partial charge in [0.25, 0.3) is 0 Å². The molecule has 1 aliphatic rings. The smallest absolute Gasteiger partial charge is 0.223 e. The second-order valence-electron chi connectivity index (χ2n) is 5.09. The summed E-state index contributed by atoms with van der Waals surface area (Å²) in [5.74, 6) is -0.283. The van der Waals surface area contributed by atoms with Crippen molar-refractivity contribution in [3.05, 3.63) is 34.1 Å². The maximum absolute atomic E-state index is 13.3. The molecule has 1 aromatic rings. The van der Waals surface area contributed by atoms with Gasteiger partial charge in [0.15, 0.2) is 0 Å². The van der Waals surface area contributed by atoms with Crippen LogP contribution in [0.5, 0.6) is 0 Å². The van der Waals surface area contributed by atoms with Crippen LogP contribution in [0.25, 0.3) is 0 Å². The minimum Gasteiger partial charge on any atom is -0.352 e. The van der Waals surface area contributed by atoms with Gasteiger partial charge in [-0.25, -0.2) is 4.39 Å². The van der Waals surface area contributed by atoms with E-state index in [9.17, 15) is 9.18 Å². The summed E-state index contributed by atoms with van der Waals surface area (Å²) in [7, 11) is 0. The molecule has 2 rings (SSSR count). The Hall–Kier alpha value is -0.650. The summed E-state index contributed by atoms with van der Waals surface area (Å²) in [6.45, 7) is 0.356. The van der Waals surface area contributed by atoms with E-state index in [0.29, 0.717) is 11.0 Å². The Bertz CT molecular complexity index is 472. The zero-order valence-corrected chi connectivity index (χ0v) is 13.5. The third-order valence-electron chi connectivity index (χ3n) is 3.54. The number of rotatable bonds is 3. The summed E-state index contributed by atoms with van der Waals surface area (Å²) in [5, 5.41) is 2.86. The first-order chi connectivity index (χ1) is 9.06. The van der Waals surface area contributed by atoms with Crippen LogP contribution < -0.4 is 11.1 Å². The Morgan fingerprint density at radius 1 is 1.45 bits per heavy atom. The molecule has 3 N–H and O–H groups in total. The summed E-state index contributed by atoms with van der Waals surface area (Å²) < 4.78 is 13.8. The normalized spacial score (nSPS) is 21.9. The SMILES string of the molecule is Cl.NC1CCCC(C(=O)NCc2ccc(Br)c(F)c2)C1. The third-order valence-corrected chi connectivity index (χ3v) is 4.18. The number of halogens is 3. The number of hydrogen-bond acceptors (Lipinski definition) is 2. The Labute approximate surface area is 133 Å². The highest BCUT2D eigenvalue weighted by Gasteiger charge is 2.24. The van der Waals surface area contributed by atoms with Gasteiger partial charge in [-0.1, -0.05) is 12.5 Å². The van der Waals surface area contributed by atoms with Gasteiger partial charge in [-0.2, -0.15) is 0 Å². The largest absolute Gasteiger partial charge is 0.352 e. The van der Waals surface area contributed by atoms with Crippen LogP contribution in [-0.2, 0) is 11.3 Å². The number of nitrogens with one attached hydrogen (secondary N) is 1. The van der Waals surface area contributed by atoms with Crippen LogP contribution >= 0.6 is 28.3 Å². The summed E-state index contributed by atoms with van der Waals surface area (Å²) in [4.78, 5) is 12.0. The summed E-state index contributed by atoms with van der Waals surface area (Å²) in [6.07, 6.45) is 3.66. The van der Waals surface area contributed by atoms with E-state index < -0.39 is 0 Å². The van der Waals surface area contributed by atoms with Gasteiger partial charge in [0.05, 0.1) is 4.47 Å². The molecule has 0 spiro atoms. The average Bonchev–Trinajstić information content (AvgIpc) is 2.40. The van der Waals surface area contributed by atoms with Gasteiger partial charge in [0.1, 0.15) is 5.82 Å². The minimum atomic E-state index is -0.313. The maximum Gasteiger partial charge on any atom is 0.223 e. The molecule has 1 amide bonds. The van der Waals surface area contributed by atoms with Crippen LogP contribution in [-0.4, -0.2) is 11.9 Å². The van der Waals surface area contributed by atoms with Crippen molar-refractivity contribution in [2.24, 2.45) is 11.7 Å². The number of nitrogens with two attached hydrogens (primary N) is 1. The van der Waals surface area contributed by atoms with Crippen molar-refractivity contribution in [1.29, 1.82) is 0 Å². The molecule has 1 saturated carbocycles. The molecule has 3 nitrogen and oxygen atoms in total. The highest BCUT2D eigenvalue weighted by atomic mass is 79.9. The fourth-order valence-corrected chi connectivity index (χ4v) is 2.70. The minimum absolute atomic E-state index is 0. The van der Waals surface area contributed by atoms with Crippen LogP contribution in [0.15, 0.2) is 22.7 Å².